The van der Waals surface area contributed by atoms with Crippen LogP contribution in [0.1, 0.15) is 16.3 Å². The maximum atomic E-state index is 12.3. The van der Waals surface area contributed by atoms with Crippen LogP contribution in [0.15, 0.2) is 45.6 Å². The summed E-state index contributed by atoms with van der Waals surface area (Å²) in [5.41, 5.74) is 0. The lowest BCUT2D eigenvalue weighted by Gasteiger charge is -2.21. The quantitative estimate of drug-likeness (QED) is 0.930. The number of furan rings is 2. The minimum absolute atomic E-state index is 0.184. The van der Waals surface area contributed by atoms with E-state index in [4.69, 9.17) is 8.83 Å². The minimum Gasteiger partial charge on any atom is -0.467 e. The largest absolute Gasteiger partial charge is 0.467 e. The molecule has 0 aromatic carbocycles. The van der Waals surface area contributed by atoms with Crippen molar-refractivity contribution in [2.75, 3.05) is 11.6 Å². The van der Waals surface area contributed by atoms with Crippen molar-refractivity contribution < 1.29 is 18.4 Å². The Kier molecular flexibility index (Phi) is 4.01. The number of carbonyl (C=O) groups is 2. The van der Waals surface area contributed by atoms with Crippen LogP contribution >= 0.6 is 11.8 Å². The highest BCUT2D eigenvalue weighted by Crippen LogP contribution is 2.23. The van der Waals surface area contributed by atoms with Crippen molar-refractivity contribution in [1.82, 2.24) is 10.2 Å². The second kappa shape index (κ2) is 6.09. The second-order valence-electron chi connectivity index (χ2n) is 4.57. The van der Waals surface area contributed by atoms with E-state index in [1.807, 2.05) is 0 Å². The van der Waals surface area contributed by atoms with E-state index in [1.54, 1.807) is 42.3 Å². The van der Waals surface area contributed by atoms with Gasteiger partial charge in [0.2, 0.25) is 5.91 Å². The van der Waals surface area contributed by atoms with Crippen LogP contribution in [0.4, 0.5) is 0 Å². The zero-order valence-corrected chi connectivity index (χ0v) is 12.0. The van der Waals surface area contributed by atoms with Crippen LogP contribution in [0, 0.1) is 0 Å². The molecule has 0 bridgehead atoms. The van der Waals surface area contributed by atoms with Gasteiger partial charge in [0.25, 0.3) is 5.91 Å². The molecule has 2 aromatic rings. The summed E-state index contributed by atoms with van der Waals surface area (Å²) in [6.45, 7) is 0.315. The van der Waals surface area contributed by atoms with Gasteiger partial charge in [0, 0.05) is 5.75 Å². The molecule has 21 heavy (non-hydrogen) atoms. The molecule has 0 radical (unpaired) electrons. The fraction of sp³-hybridized carbons (Fsp3) is 0.286. The Morgan fingerprint density at radius 2 is 2.10 bits per heavy atom. The third-order valence-corrected chi connectivity index (χ3v) is 4.21. The SMILES string of the molecule is O=C(NCc1ccco1)C1CSCN1C(=O)c1ccco1. The average molecular weight is 306 g/mol. The van der Waals surface area contributed by atoms with Crippen molar-refractivity contribution in [3.05, 3.63) is 48.3 Å². The average Bonchev–Trinajstić information content (AvgIpc) is 3.26. The molecular formula is C14H14N2O4S. The van der Waals surface area contributed by atoms with E-state index in [-0.39, 0.29) is 17.6 Å². The van der Waals surface area contributed by atoms with Crippen LogP contribution in [-0.2, 0) is 11.3 Å². The molecule has 1 fully saturated rings. The van der Waals surface area contributed by atoms with Crippen LogP contribution in [0.3, 0.4) is 0 Å². The smallest absolute Gasteiger partial charge is 0.290 e. The molecule has 3 rings (SSSR count). The third kappa shape index (κ3) is 2.97. The molecule has 1 atom stereocenters. The van der Waals surface area contributed by atoms with Gasteiger partial charge in [-0.1, -0.05) is 0 Å². The van der Waals surface area contributed by atoms with Crippen LogP contribution in [-0.4, -0.2) is 34.4 Å². The Balaban J connectivity index is 1.63. The zero-order chi connectivity index (χ0) is 14.7. The molecule has 1 unspecified atom stereocenters. The first-order valence-electron chi connectivity index (χ1n) is 6.48. The molecule has 7 heteroatoms. The number of amides is 2. The molecule has 2 aromatic heterocycles. The van der Waals surface area contributed by atoms with Gasteiger partial charge in [-0.25, -0.2) is 0 Å². The van der Waals surface area contributed by atoms with Crippen LogP contribution in [0.2, 0.25) is 0 Å². The number of carbonyl (C=O) groups excluding carboxylic acids is 2. The van der Waals surface area contributed by atoms with Crippen LogP contribution in [0.5, 0.6) is 0 Å². The van der Waals surface area contributed by atoms with Crippen molar-refractivity contribution in [1.29, 1.82) is 0 Å². The van der Waals surface area contributed by atoms with E-state index >= 15 is 0 Å². The Hall–Kier alpha value is -2.15. The van der Waals surface area contributed by atoms with Gasteiger partial charge in [-0.2, -0.15) is 0 Å². The number of hydrogen-bond acceptors (Lipinski definition) is 5. The first-order valence-corrected chi connectivity index (χ1v) is 7.63. The molecule has 3 heterocycles. The van der Waals surface area contributed by atoms with E-state index < -0.39 is 6.04 Å². The maximum Gasteiger partial charge on any atom is 0.290 e. The monoisotopic (exact) mass is 306 g/mol. The van der Waals surface area contributed by atoms with E-state index in [2.05, 4.69) is 5.32 Å². The summed E-state index contributed by atoms with van der Waals surface area (Å²) < 4.78 is 10.3. The van der Waals surface area contributed by atoms with Gasteiger partial charge in [-0.3, -0.25) is 9.59 Å². The predicted molar refractivity (Wildman–Crippen MR) is 76.5 cm³/mol. The molecule has 0 saturated carbocycles. The molecule has 0 spiro atoms. The van der Waals surface area contributed by atoms with E-state index in [1.165, 1.54) is 11.2 Å². The second-order valence-corrected chi connectivity index (χ2v) is 5.56. The molecule has 1 N–H and O–H groups in total. The van der Waals surface area contributed by atoms with Gasteiger partial charge in [0.1, 0.15) is 11.8 Å². The number of hydrogen-bond donors (Lipinski definition) is 1. The zero-order valence-electron chi connectivity index (χ0n) is 11.2. The Labute approximate surface area is 125 Å². The Morgan fingerprint density at radius 3 is 2.81 bits per heavy atom. The highest BCUT2D eigenvalue weighted by Gasteiger charge is 2.35. The van der Waals surface area contributed by atoms with E-state index in [0.717, 1.165) is 0 Å². The van der Waals surface area contributed by atoms with E-state index in [0.29, 0.717) is 23.9 Å². The summed E-state index contributed by atoms with van der Waals surface area (Å²) >= 11 is 1.55. The molecule has 2 amide bonds. The standard InChI is InChI=1S/C14H14N2O4S/c17-13(15-7-10-3-1-5-19-10)11-8-21-9-16(11)14(18)12-4-2-6-20-12/h1-6,11H,7-9H2,(H,15,17). The molecule has 0 aliphatic carbocycles. The summed E-state index contributed by atoms with van der Waals surface area (Å²) in [5.74, 6) is 1.55. The summed E-state index contributed by atoms with van der Waals surface area (Å²) in [6, 6.07) is 6.32. The lowest BCUT2D eigenvalue weighted by atomic mass is 10.2. The fourth-order valence-electron chi connectivity index (χ4n) is 2.11. The topological polar surface area (TPSA) is 75.7 Å². The first-order chi connectivity index (χ1) is 10.3. The number of rotatable bonds is 4. The summed E-state index contributed by atoms with van der Waals surface area (Å²) in [7, 11) is 0. The van der Waals surface area contributed by atoms with Crippen LogP contribution < -0.4 is 5.32 Å². The Morgan fingerprint density at radius 1 is 1.29 bits per heavy atom. The first kappa shape index (κ1) is 13.8. The fourth-order valence-corrected chi connectivity index (χ4v) is 3.26. The van der Waals surface area contributed by atoms with E-state index in [9.17, 15) is 9.59 Å². The van der Waals surface area contributed by atoms with Gasteiger partial charge in [0.05, 0.1) is 24.9 Å². The van der Waals surface area contributed by atoms with Crippen molar-refractivity contribution in [2.24, 2.45) is 0 Å². The third-order valence-electron chi connectivity index (χ3n) is 3.19. The maximum absolute atomic E-state index is 12.3. The molecule has 1 saturated heterocycles. The van der Waals surface area contributed by atoms with Gasteiger partial charge in [-0.15, -0.1) is 11.8 Å². The summed E-state index contributed by atoms with van der Waals surface area (Å²) in [5, 5.41) is 2.79. The molecule has 110 valence electrons. The van der Waals surface area contributed by atoms with Gasteiger partial charge < -0.3 is 19.1 Å². The number of thioether (sulfide) groups is 1. The van der Waals surface area contributed by atoms with Crippen molar-refractivity contribution in [3.63, 3.8) is 0 Å². The number of nitrogens with one attached hydrogen (secondary N) is 1. The lowest BCUT2D eigenvalue weighted by Crippen LogP contribution is -2.46. The van der Waals surface area contributed by atoms with Crippen LogP contribution in [0.25, 0.3) is 0 Å². The summed E-state index contributed by atoms with van der Waals surface area (Å²) in [4.78, 5) is 26.0. The van der Waals surface area contributed by atoms with Crippen molar-refractivity contribution in [3.8, 4) is 0 Å². The molecule has 1 aliphatic heterocycles. The molecular weight excluding hydrogens is 292 g/mol. The highest BCUT2D eigenvalue weighted by atomic mass is 32.2. The normalized spacial score (nSPS) is 17.9. The molecule has 6 nitrogen and oxygen atoms in total. The molecule has 1 aliphatic rings. The number of nitrogens with zero attached hydrogens (tertiary/aromatic N) is 1. The Bertz CT molecular complexity index is 609. The predicted octanol–water partition coefficient (Wildman–Crippen LogP) is 1.70. The van der Waals surface area contributed by atoms with Crippen molar-refractivity contribution in [2.45, 2.75) is 12.6 Å². The lowest BCUT2D eigenvalue weighted by molar-refractivity contribution is -0.124. The van der Waals surface area contributed by atoms with Gasteiger partial charge >= 0.3 is 0 Å². The van der Waals surface area contributed by atoms with Crippen molar-refractivity contribution >= 4 is 23.6 Å². The summed E-state index contributed by atoms with van der Waals surface area (Å²) in [6.07, 6.45) is 3.00. The van der Waals surface area contributed by atoms with Gasteiger partial charge in [0.15, 0.2) is 5.76 Å². The minimum atomic E-state index is -0.484. The highest BCUT2D eigenvalue weighted by molar-refractivity contribution is 7.99. The van der Waals surface area contributed by atoms with Gasteiger partial charge in [-0.05, 0) is 24.3 Å².